The summed E-state index contributed by atoms with van der Waals surface area (Å²) < 4.78 is 0. The van der Waals surface area contributed by atoms with Crippen molar-refractivity contribution in [3.8, 4) is 0 Å². The molecular weight excluding hydrogens is 362 g/mol. The van der Waals surface area contributed by atoms with Gasteiger partial charge in [-0.1, -0.05) is 41.9 Å². The molecule has 0 atom stereocenters. The van der Waals surface area contributed by atoms with E-state index in [1.807, 2.05) is 30.3 Å². The van der Waals surface area contributed by atoms with E-state index in [9.17, 15) is 9.59 Å². The zero-order valence-corrected chi connectivity index (χ0v) is 15.2. The number of benzene rings is 2. The minimum absolute atomic E-state index is 0.250. The van der Waals surface area contributed by atoms with Crippen molar-refractivity contribution in [2.45, 2.75) is 13.1 Å². The highest BCUT2D eigenvalue weighted by Crippen LogP contribution is 2.14. The molecule has 1 heterocycles. The van der Waals surface area contributed by atoms with Crippen LogP contribution in [0.15, 0.2) is 73.1 Å². The molecule has 0 fully saturated rings. The van der Waals surface area contributed by atoms with Gasteiger partial charge in [-0.2, -0.15) is 0 Å². The van der Waals surface area contributed by atoms with Gasteiger partial charge in [-0.05, 0) is 41.5 Å². The standard InChI is InChI=1S/C21H18ClN3O2/c22-19-9-2-1-6-18(19)14-25-21(27)17-8-3-7-16(11-17)20(26)24-13-15-5-4-10-23-12-15/h1-12H,13-14H2,(H,24,26)(H,25,27). The third-order valence-corrected chi connectivity index (χ3v) is 4.33. The Hall–Kier alpha value is -3.18. The lowest BCUT2D eigenvalue weighted by atomic mass is 10.1. The average Bonchev–Trinajstić information content (AvgIpc) is 2.72. The number of rotatable bonds is 6. The molecule has 0 aliphatic heterocycles. The number of halogens is 1. The molecule has 27 heavy (non-hydrogen) atoms. The first-order valence-electron chi connectivity index (χ1n) is 8.42. The van der Waals surface area contributed by atoms with E-state index < -0.39 is 0 Å². The molecule has 1 aromatic heterocycles. The van der Waals surface area contributed by atoms with Crippen LogP contribution >= 0.6 is 11.6 Å². The van der Waals surface area contributed by atoms with Crippen LogP contribution in [-0.4, -0.2) is 16.8 Å². The summed E-state index contributed by atoms with van der Waals surface area (Å²) in [6.45, 7) is 0.686. The highest BCUT2D eigenvalue weighted by atomic mass is 35.5. The third-order valence-electron chi connectivity index (χ3n) is 3.96. The molecule has 6 heteroatoms. The van der Waals surface area contributed by atoms with Crippen molar-refractivity contribution < 1.29 is 9.59 Å². The van der Waals surface area contributed by atoms with Gasteiger partial charge in [-0.3, -0.25) is 14.6 Å². The molecule has 0 saturated heterocycles. The molecule has 0 aliphatic rings. The van der Waals surface area contributed by atoms with E-state index in [0.29, 0.717) is 29.2 Å². The molecule has 0 radical (unpaired) electrons. The average molecular weight is 380 g/mol. The second-order valence-corrected chi connectivity index (χ2v) is 6.31. The number of nitrogens with zero attached hydrogens (tertiary/aromatic N) is 1. The summed E-state index contributed by atoms with van der Waals surface area (Å²) >= 11 is 6.10. The van der Waals surface area contributed by atoms with Gasteiger partial charge in [0.1, 0.15) is 0 Å². The Morgan fingerprint density at radius 3 is 2.22 bits per heavy atom. The van der Waals surface area contributed by atoms with E-state index in [1.54, 1.807) is 42.7 Å². The van der Waals surface area contributed by atoms with Gasteiger partial charge >= 0.3 is 0 Å². The first kappa shape index (κ1) is 18.6. The summed E-state index contributed by atoms with van der Waals surface area (Å²) in [6.07, 6.45) is 3.37. The maximum Gasteiger partial charge on any atom is 0.251 e. The van der Waals surface area contributed by atoms with Gasteiger partial charge in [0.2, 0.25) is 0 Å². The molecule has 0 bridgehead atoms. The van der Waals surface area contributed by atoms with Crippen LogP contribution in [0, 0.1) is 0 Å². The quantitative estimate of drug-likeness (QED) is 0.687. The zero-order valence-electron chi connectivity index (χ0n) is 14.5. The molecular formula is C21H18ClN3O2. The predicted octanol–water partition coefficient (Wildman–Crippen LogP) is 3.60. The van der Waals surface area contributed by atoms with E-state index in [4.69, 9.17) is 11.6 Å². The van der Waals surface area contributed by atoms with E-state index in [2.05, 4.69) is 15.6 Å². The lowest BCUT2D eigenvalue weighted by Crippen LogP contribution is -2.25. The van der Waals surface area contributed by atoms with Gasteiger partial charge in [-0.25, -0.2) is 0 Å². The largest absolute Gasteiger partial charge is 0.348 e. The lowest BCUT2D eigenvalue weighted by Gasteiger charge is -2.09. The fourth-order valence-electron chi connectivity index (χ4n) is 2.51. The summed E-state index contributed by atoms with van der Waals surface area (Å²) in [5.74, 6) is -0.517. The summed E-state index contributed by atoms with van der Waals surface area (Å²) in [6, 6.07) is 17.6. The second-order valence-electron chi connectivity index (χ2n) is 5.90. The SMILES string of the molecule is O=C(NCc1cccnc1)c1cccc(C(=O)NCc2ccccc2Cl)c1. The summed E-state index contributed by atoms with van der Waals surface area (Å²) in [4.78, 5) is 28.7. The fourth-order valence-corrected chi connectivity index (χ4v) is 2.71. The van der Waals surface area contributed by atoms with Gasteiger partial charge < -0.3 is 10.6 Å². The van der Waals surface area contributed by atoms with Crippen molar-refractivity contribution in [1.29, 1.82) is 0 Å². The Bertz CT molecular complexity index is 945. The molecule has 0 unspecified atom stereocenters. The van der Waals surface area contributed by atoms with Gasteiger partial charge in [-0.15, -0.1) is 0 Å². The van der Waals surface area contributed by atoms with E-state index in [-0.39, 0.29) is 11.8 Å². The second kappa shape index (κ2) is 8.96. The molecule has 2 aromatic carbocycles. The van der Waals surface area contributed by atoms with Gasteiger partial charge in [0.25, 0.3) is 11.8 Å². The van der Waals surface area contributed by atoms with Crippen LogP contribution in [0.4, 0.5) is 0 Å². The van der Waals surface area contributed by atoms with Crippen LogP contribution in [0.5, 0.6) is 0 Å². The maximum atomic E-state index is 12.4. The Labute approximate surface area is 162 Å². The van der Waals surface area contributed by atoms with Crippen LogP contribution in [0.1, 0.15) is 31.8 Å². The van der Waals surface area contributed by atoms with Crippen molar-refractivity contribution >= 4 is 23.4 Å². The number of aromatic nitrogens is 1. The van der Waals surface area contributed by atoms with Crippen molar-refractivity contribution in [3.63, 3.8) is 0 Å². The topological polar surface area (TPSA) is 71.1 Å². The van der Waals surface area contributed by atoms with Crippen molar-refractivity contribution in [1.82, 2.24) is 15.6 Å². The number of pyridine rings is 1. The smallest absolute Gasteiger partial charge is 0.251 e. The summed E-state index contributed by atoms with van der Waals surface area (Å²) in [5.41, 5.74) is 2.57. The van der Waals surface area contributed by atoms with Gasteiger partial charge in [0.05, 0.1) is 0 Å². The Kier molecular flexibility index (Phi) is 6.18. The fraction of sp³-hybridized carbons (Fsp3) is 0.0952. The van der Waals surface area contributed by atoms with Crippen molar-refractivity contribution in [2.24, 2.45) is 0 Å². The highest BCUT2D eigenvalue weighted by molar-refractivity contribution is 6.31. The maximum absolute atomic E-state index is 12.4. The number of hydrogen-bond donors (Lipinski definition) is 2. The van der Waals surface area contributed by atoms with Gasteiger partial charge in [0.15, 0.2) is 0 Å². The van der Waals surface area contributed by atoms with Crippen LogP contribution in [0.3, 0.4) is 0 Å². The Morgan fingerprint density at radius 1 is 0.852 bits per heavy atom. The molecule has 136 valence electrons. The minimum Gasteiger partial charge on any atom is -0.348 e. The first-order valence-corrected chi connectivity index (χ1v) is 8.80. The Morgan fingerprint density at radius 2 is 1.56 bits per heavy atom. The number of carbonyl (C=O) groups is 2. The summed E-state index contributed by atoms with van der Waals surface area (Å²) in [5, 5.41) is 6.23. The molecule has 5 nitrogen and oxygen atoms in total. The molecule has 2 amide bonds. The normalized spacial score (nSPS) is 10.3. The van der Waals surface area contributed by atoms with Crippen LogP contribution in [0.25, 0.3) is 0 Å². The molecule has 0 aliphatic carbocycles. The molecule has 0 spiro atoms. The monoisotopic (exact) mass is 379 g/mol. The highest BCUT2D eigenvalue weighted by Gasteiger charge is 2.11. The van der Waals surface area contributed by atoms with Crippen LogP contribution < -0.4 is 10.6 Å². The molecule has 3 aromatic rings. The number of carbonyl (C=O) groups excluding carboxylic acids is 2. The number of hydrogen-bond acceptors (Lipinski definition) is 3. The predicted molar refractivity (Wildman–Crippen MR) is 104 cm³/mol. The molecule has 3 rings (SSSR count). The molecule has 2 N–H and O–H groups in total. The van der Waals surface area contributed by atoms with Crippen molar-refractivity contribution in [2.75, 3.05) is 0 Å². The van der Waals surface area contributed by atoms with E-state index in [1.165, 1.54) is 0 Å². The van der Waals surface area contributed by atoms with Crippen LogP contribution in [-0.2, 0) is 13.1 Å². The van der Waals surface area contributed by atoms with Crippen LogP contribution in [0.2, 0.25) is 5.02 Å². The van der Waals surface area contributed by atoms with E-state index in [0.717, 1.165) is 11.1 Å². The third kappa shape index (κ3) is 5.15. The first-order chi connectivity index (χ1) is 13.1. The van der Waals surface area contributed by atoms with E-state index >= 15 is 0 Å². The lowest BCUT2D eigenvalue weighted by molar-refractivity contribution is 0.0950. The molecule has 0 saturated carbocycles. The number of amides is 2. The minimum atomic E-state index is -0.267. The summed E-state index contributed by atoms with van der Waals surface area (Å²) in [7, 11) is 0. The van der Waals surface area contributed by atoms with Gasteiger partial charge in [0, 0.05) is 41.6 Å². The zero-order chi connectivity index (χ0) is 19.1. The van der Waals surface area contributed by atoms with Crippen molar-refractivity contribution in [3.05, 3.63) is 100 Å². The Balaban J connectivity index is 1.61. The number of nitrogens with one attached hydrogen (secondary N) is 2.